The fourth-order valence-electron chi connectivity index (χ4n) is 1.69. The van der Waals surface area contributed by atoms with Gasteiger partial charge in [0.25, 0.3) is 5.91 Å². The van der Waals surface area contributed by atoms with Crippen LogP contribution in [0.25, 0.3) is 0 Å². The highest BCUT2D eigenvalue weighted by molar-refractivity contribution is 5.99. The van der Waals surface area contributed by atoms with Gasteiger partial charge in [0.2, 0.25) is 0 Å². The number of hydrogen-bond acceptors (Lipinski definition) is 5. The summed E-state index contributed by atoms with van der Waals surface area (Å²) < 4.78 is 4.73. The van der Waals surface area contributed by atoms with Crippen molar-refractivity contribution in [1.29, 1.82) is 0 Å². The van der Waals surface area contributed by atoms with Crippen molar-refractivity contribution in [1.82, 2.24) is 0 Å². The molecular weight excluding hydrogens is 246 g/mol. The molecule has 0 fully saturated rings. The number of primary amides is 1. The molecule has 0 saturated carbocycles. The molecule has 1 aromatic rings. The van der Waals surface area contributed by atoms with Crippen LogP contribution in [0.2, 0.25) is 0 Å². The molecule has 5 N–H and O–H groups in total. The van der Waals surface area contributed by atoms with Crippen LogP contribution in [0.15, 0.2) is 18.2 Å². The molecule has 0 spiro atoms. The van der Waals surface area contributed by atoms with E-state index in [0.29, 0.717) is 11.4 Å². The molecule has 0 aliphatic heterocycles. The molecule has 19 heavy (non-hydrogen) atoms. The number of ether oxygens (including phenoxy) is 1. The van der Waals surface area contributed by atoms with Crippen molar-refractivity contribution in [3.63, 3.8) is 0 Å². The second kappa shape index (κ2) is 6.08. The quantitative estimate of drug-likeness (QED) is 0.543. The van der Waals surface area contributed by atoms with E-state index in [0.717, 1.165) is 0 Å². The van der Waals surface area contributed by atoms with Crippen molar-refractivity contribution in [3.05, 3.63) is 23.8 Å². The lowest BCUT2D eigenvalue weighted by atomic mass is 10.0. The summed E-state index contributed by atoms with van der Waals surface area (Å²) >= 11 is 0. The van der Waals surface area contributed by atoms with Crippen LogP contribution in [0, 0.1) is 5.92 Å². The zero-order valence-electron chi connectivity index (χ0n) is 11.3. The molecule has 0 radical (unpaired) electrons. The Labute approximate surface area is 112 Å². The Morgan fingerprint density at radius 1 is 1.32 bits per heavy atom. The summed E-state index contributed by atoms with van der Waals surface area (Å²) in [7, 11) is 1.31. The van der Waals surface area contributed by atoms with E-state index in [9.17, 15) is 9.59 Å². The van der Waals surface area contributed by atoms with Gasteiger partial charge in [0.15, 0.2) is 0 Å². The minimum atomic E-state index is -0.588. The summed E-state index contributed by atoms with van der Waals surface area (Å²) in [5.41, 5.74) is 12.1. The van der Waals surface area contributed by atoms with Gasteiger partial charge in [-0.1, -0.05) is 13.8 Å². The maximum atomic E-state index is 11.7. The fraction of sp³-hybridized carbons (Fsp3) is 0.385. The van der Waals surface area contributed by atoms with E-state index in [4.69, 9.17) is 16.2 Å². The number of esters is 1. The Morgan fingerprint density at radius 3 is 2.42 bits per heavy atom. The van der Waals surface area contributed by atoms with Crippen LogP contribution in [-0.2, 0) is 9.53 Å². The first-order valence-electron chi connectivity index (χ1n) is 5.90. The Balaban J connectivity index is 3.11. The van der Waals surface area contributed by atoms with Gasteiger partial charge in [0, 0.05) is 11.4 Å². The van der Waals surface area contributed by atoms with Crippen LogP contribution in [0.1, 0.15) is 24.2 Å². The highest BCUT2D eigenvalue weighted by Gasteiger charge is 2.24. The fourth-order valence-corrected chi connectivity index (χ4v) is 1.69. The summed E-state index contributed by atoms with van der Waals surface area (Å²) in [6.07, 6.45) is 0. The maximum Gasteiger partial charge on any atom is 0.328 e. The summed E-state index contributed by atoms with van der Waals surface area (Å²) in [6, 6.07) is 4.09. The second-order valence-electron chi connectivity index (χ2n) is 4.56. The van der Waals surface area contributed by atoms with Crippen LogP contribution < -0.4 is 16.8 Å². The van der Waals surface area contributed by atoms with Gasteiger partial charge in [0.1, 0.15) is 6.04 Å². The van der Waals surface area contributed by atoms with Crippen LogP contribution in [0.5, 0.6) is 0 Å². The van der Waals surface area contributed by atoms with Crippen molar-refractivity contribution >= 4 is 23.3 Å². The highest BCUT2D eigenvalue weighted by atomic mass is 16.5. The summed E-state index contributed by atoms with van der Waals surface area (Å²) in [5, 5.41) is 2.96. The third kappa shape index (κ3) is 3.61. The normalized spacial score (nSPS) is 12.0. The molecule has 6 nitrogen and oxygen atoms in total. The predicted molar refractivity (Wildman–Crippen MR) is 73.6 cm³/mol. The minimum absolute atomic E-state index is 0.0189. The Kier molecular flexibility index (Phi) is 4.74. The second-order valence-corrected chi connectivity index (χ2v) is 4.56. The number of rotatable bonds is 5. The van der Waals surface area contributed by atoms with Crippen LogP contribution in [0.4, 0.5) is 11.4 Å². The monoisotopic (exact) mass is 265 g/mol. The molecule has 0 heterocycles. The summed E-state index contributed by atoms with van der Waals surface area (Å²) in [5.74, 6) is -1.02. The van der Waals surface area contributed by atoms with Crippen LogP contribution in [-0.4, -0.2) is 25.0 Å². The van der Waals surface area contributed by atoms with E-state index in [-0.39, 0.29) is 11.5 Å². The first-order chi connectivity index (χ1) is 8.86. The molecule has 1 atom stereocenters. The van der Waals surface area contributed by atoms with Gasteiger partial charge in [-0.3, -0.25) is 4.79 Å². The standard InChI is InChI=1S/C13H19N3O3/c1-7(2)11(13(18)19-3)16-10-6-8(14)4-5-9(10)12(15)17/h4-7,11,16H,14H2,1-3H3,(H2,15,17). The number of amides is 1. The van der Waals surface area contributed by atoms with E-state index in [1.165, 1.54) is 13.2 Å². The first kappa shape index (κ1) is 14.8. The zero-order chi connectivity index (χ0) is 14.6. The van der Waals surface area contributed by atoms with E-state index >= 15 is 0 Å². The number of methoxy groups -OCH3 is 1. The number of nitrogens with one attached hydrogen (secondary N) is 1. The number of benzene rings is 1. The lowest BCUT2D eigenvalue weighted by Gasteiger charge is -2.22. The highest BCUT2D eigenvalue weighted by Crippen LogP contribution is 2.21. The number of carbonyl (C=O) groups is 2. The summed E-state index contributed by atoms with van der Waals surface area (Å²) in [6.45, 7) is 3.73. The molecule has 0 saturated heterocycles. The Hall–Kier alpha value is -2.24. The van der Waals surface area contributed by atoms with Crippen LogP contribution in [0.3, 0.4) is 0 Å². The van der Waals surface area contributed by atoms with Crippen molar-refractivity contribution in [2.24, 2.45) is 11.7 Å². The average molecular weight is 265 g/mol. The van der Waals surface area contributed by atoms with Gasteiger partial charge < -0.3 is 21.5 Å². The molecule has 104 valence electrons. The molecule has 1 unspecified atom stereocenters. The lowest BCUT2D eigenvalue weighted by Crippen LogP contribution is -2.36. The smallest absolute Gasteiger partial charge is 0.328 e. The number of nitrogen functional groups attached to an aromatic ring is 1. The van der Waals surface area contributed by atoms with Gasteiger partial charge in [-0.05, 0) is 24.1 Å². The largest absolute Gasteiger partial charge is 0.467 e. The van der Waals surface area contributed by atoms with Crippen molar-refractivity contribution < 1.29 is 14.3 Å². The van der Waals surface area contributed by atoms with E-state index < -0.39 is 17.9 Å². The van der Waals surface area contributed by atoms with Gasteiger partial charge >= 0.3 is 5.97 Å². The Bertz CT molecular complexity index is 486. The van der Waals surface area contributed by atoms with E-state index in [1.807, 2.05) is 13.8 Å². The first-order valence-corrected chi connectivity index (χ1v) is 5.90. The van der Waals surface area contributed by atoms with Gasteiger partial charge in [-0.15, -0.1) is 0 Å². The minimum Gasteiger partial charge on any atom is -0.467 e. The number of hydrogen-bond donors (Lipinski definition) is 3. The average Bonchev–Trinajstić information content (AvgIpc) is 2.34. The molecule has 0 bridgehead atoms. The van der Waals surface area contributed by atoms with Crippen LogP contribution >= 0.6 is 0 Å². The number of anilines is 2. The number of carbonyl (C=O) groups excluding carboxylic acids is 2. The zero-order valence-corrected chi connectivity index (χ0v) is 11.3. The van der Waals surface area contributed by atoms with Crippen molar-refractivity contribution in [3.8, 4) is 0 Å². The van der Waals surface area contributed by atoms with E-state index in [1.54, 1.807) is 12.1 Å². The predicted octanol–water partition coefficient (Wildman–Crippen LogP) is 0.977. The Morgan fingerprint density at radius 2 is 1.95 bits per heavy atom. The summed E-state index contributed by atoms with van der Waals surface area (Å²) in [4.78, 5) is 23.0. The maximum absolute atomic E-state index is 11.7. The SMILES string of the molecule is COC(=O)C(Nc1cc(N)ccc1C(N)=O)C(C)C. The molecule has 0 aliphatic carbocycles. The molecule has 1 aromatic carbocycles. The topological polar surface area (TPSA) is 107 Å². The van der Waals surface area contributed by atoms with Crippen molar-refractivity contribution in [2.45, 2.75) is 19.9 Å². The number of nitrogens with two attached hydrogens (primary N) is 2. The third-order valence-electron chi connectivity index (χ3n) is 2.74. The molecule has 1 amide bonds. The molecular formula is C13H19N3O3. The van der Waals surface area contributed by atoms with Gasteiger partial charge in [-0.2, -0.15) is 0 Å². The molecule has 0 aliphatic rings. The lowest BCUT2D eigenvalue weighted by molar-refractivity contribution is -0.142. The van der Waals surface area contributed by atoms with E-state index in [2.05, 4.69) is 5.32 Å². The molecule has 6 heteroatoms. The van der Waals surface area contributed by atoms with Gasteiger partial charge in [-0.25, -0.2) is 4.79 Å². The van der Waals surface area contributed by atoms with Gasteiger partial charge in [0.05, 0.1) is 12.7 Å². The molecule has 0 aromatic heterocycles. The third-order valence-corrected chi connectivity index (χ3v) is 2.74. The van der Waals surface area contributed by atoms with Crippen molar-refractivity contribution in [2.75, 3.05) is 18.2 Å². The molecule has 1 rings (SSSR count).